The molecular formula is C6H10N2O. The second kappa shape index (κ2) is 3.90. The van der Waals surface area contributed by atoms with Gasteiger partial charge in [-0.2, -0.15) is 0 Å². The van der Waals surface area contributed by atoms with Gasteiger partial charge in [0.15, 0.2) is 0 Å². The summed E-state index contributed by atoms with van der Waals surface area (Å²) in [7, 11) is 1.69. The third-order valence-electron chi connectivity index (χ3n) is 1.08. The lowest BCUT2D eigenvalue weighted by atomic mass is 10.5. The molecule has 0 atom stereocenters. The van der Waals surface area contributed by atoms with Crippen molar-refractivity contribution >= 4 is 5.91 Å². The van der Waals surface area contributed by atoms with E-state index in [0.29, 0.717) is 13.1 Å². The summed E-state index contributed by atoms with van der Waals surface area (Å²) in [6.45, 7) is 8.85. The van der Waals surface area contributed by atoms with E-state index < -0.39 is 0 Å². The summed E-state index contributed by atoms with van der Waals surface area (Å²) in [6, 6.07) is 0. The zero-order chi connectivity index (χ0) is 7.28. The highest BCUT2D eigenvalue weighted by Crippen LogP contribution is 1.81. The van der Waals surface area contributed by atoms with Crippen molar-refractivity contribution in [1.82, 2.24) is 4.90 Å². The number of likely N-dealkylation sites (N-methyl/N-ethyl adjacent to an activating group) is 1. The fraction of sp³-hybridized carbons (Fsp3) is 0.667. The van der Waals surface area contributed by atoms with Crippen molar-refractivity contribution < 1.29 is 4.79 Å². The van der Waals surface area contributed by atoms with E-state index in [9.17, 15) is 4.79 Å². The molecule has 0 bridgehead atoms. The largest absolute Gasteiger partial charge is 0.339 e. The number of amides is 1. The molecule has 0 N–H and O–H groups in total. The number of carbonyl (C=O) groups is 1. The third-order valence-corrected chi connectivity index (χ3v) is 1.08. The smallest absolute Gasteiger partial charge is 0.231 e. The Kier molecular flexibility index (Phi) is 3.45. The van der Waals surface area contributed by atoms with Crippen LogP contribution in [0.3, 0.4) is 0 Å². The first kappa shape index (κ1) is 7.96. The van der Waals surface area contributed by atoms with E-state index in [1.165, 1.54) is 11.8 Å². The summed E-state index contributed by atoms with van der Waals surface area (Å²) in [5, 5.41) is 0. The minimum absolute atomic E-state index is 0.0126. The van der Waals surface area contributed by atoms with Gasteiger partial charge in [0.2, 0.25) is 12.5 Å². The van der Waals surface area contributed by atoms with Gasteiger partial charge in [-0.05, 0) is 0 Å². The molecule has 0 unspecified atom stereocenters. The Morgan fingerprint density at radius 2 is 2.33 bits per heavy atom. The monoisotopic (exact) mass is 126 g/mol. The van der Waals surface area contributed by atoms with Crippen LogP contribution in [0.25, 0.3) is 4.85 Å². The van der Waals surface area contributed by atoms with Crippen LogP contribution < -0.4 is 0 Å². The van der Waals surface area contributed by atoms with E-state index in [1.54, 1.807) is 7.05 Å². The van der Waals surface area contributed by atoms with Crippen LogP contribution in [-0.4, -0.2) is 30.9 Å². The molecule has 0 fully saturated rings. The Morgan fingerprint density at radius 3 is 2.67 bits per heavy atom. The summed E-state index contributed by atoms with van der Waals surface area (Å²) in [5.74, 6) is 0.0126. The first-order chi connectivity index (χ1) is 4.18. The average Bonchev–Trinajstić information content (AvgIpc) is 1.82. The van der Waals surface area contributed by atoms with Gasteiger partial charge in [-0.25, -0.2) is 6.57 Å². The van der Waals surface area contributed by atoms with Gasteiger partial charge in [-0.15, -0.1) is 0 Å². The predicted molar refractivity (Wildman–Crippen MR) is 34.8 cm³/mol. The first-order valence-electron chi connectivity index (χ1n) is 2.73. The van der Waals surface area contributed by atoms with Crippen molar-refractivity contribution in [2.24, 2.45) is 0 Å². The maximum absolute atomic E-state index is 10.5. The molecule has 1 amide bonds. The van der Waals surface area contributed by atoms with E-state index in [2.05, 4.69) is 4.85 Å². The second-order valence-corrected chi connectivity index (χ2v) is 1.82. The van der Waals surface area contributed by atoms with Crippen molar-refractivity contribution in [2.45, 2.75) is 6.92 Å². The van der Waals surface area contributed by atoms with E-state index in [4.69, 9.17) is 6.57 Å². The maximum atomic E-state index is 10.5. The molecule has 0 aromatic rings. The topological polar surface area (TPSA) is 24.7 Å². The number of rotatable bonds is 2. The fourth-order valence-corrected chi connectivity index (χ4v) is 0.357. The van der Waals surface area contributed by atoms with Gasteiger partial charge < -0.3 is 9.74 Å². The van der Waals surface area contributed by atoms with Crippen LogP contribution >= 0.6 is 0 Å². The van der Waals surface area contributed by atoms with Gasteiger partial charge in [0.1, 0.15) is 0 Å². The lowest BCUT2D eigenvalue weighted by Gasteiger charge is -2.09. The second-order valence-electron chi connectivity index (χ2n) is 1.82. The maximum Gasteiger partial charge on any atom is 0.231 e. The van der Waals surface area contributed by atoms with Crippen molar-refractivity contribution in [3.05, 3.63) is 11.4 Å². The molecule has 0 saturated carbocycles. The molecule has 0 rings (SSSR count). The van der Waals surface area contributed by atoms with Crippen molar-refractivity contribution in [1.29, 1.82) is 0 Å². The molecule has 0 aromatic heterocycles. The Hall–Kier alpha value is -1.04. The average molecular weight is 126 g/mol. The third kappa shape index (κ3) is 3.53. The molecule has 9 heavy (non-hydrogen) atoms. The standard InChI is InChI=1S/C6H10N2O/c1-6(9)8(3)5-4-7-2/h4-5H2,1,3H3. The van der Waals surface area contributed by atoms with E-state index in [0.717, 1.165) is 0 Å². The lowest BCUT2D eigenvalue weighted by Crippen LogP contribution is -2.25. The molecule has 0 aliphatic heterocycles. The highest BCUT2D eigenvalue weighted by Gasteiger charge is 2.00. The quantitative estimate of drug-likeness (QED) is 0.491. The van der Waals surface area contributed by atoms with E-state index >= 15 is 0 Å². The molecule has 50 valence electrons. The predicted octanol–water partition coefficient (Wildman–Crippen LogP) is 0.384. The van der Waals surface area contributed by atoms with Crippen LogP contribution in [0.2, 0.25) is 0 Å². The van der Waals surface area contributed by atoms with Crippen LogP contribution in [0.1, 0.15) is 6.92 Å². The zero-order valence-electron chi connectivity index (χ0n) is 5.72. The first-order valence-corrected chi connectivity index (χ1v) is 2.73. The summed E-state index contributed by atoms with van der Waals surface area (Å²) < 4.78 is 0. The van der Waals surface area contributed by atoms with Gasteiger partial charge in [-0.3, -0.25) is 4.79 Å². The van der Waals surface area contributed by atoms with Crippen LogP contribution in [0.15, 0.2) is 0 Å². The summed E-state index contributed by atoms with van der Waals surface area (Å²) in [6.07, 6.45) is 0. The van der Waals surface area contributed by atoms with Crippen molar-refractivity contribution in [3.8, 4) is 0 Å². The molecule has 0 radical (unpaired) electrons. The number of nitrogens with zero attached hydrogens (tertiary/aromatic N) is 2. The van der Waals surface area contributed by atoms with E-state index in [1.807, 2.05) is 0 Å². The minimum Gasteiger partial charge on any atom is -0.339 e. The van der Waals surface area contributed by atoms with Gasteiger partial charge in [0, 0.05) is 14.0 Å². The molecular weight excluding hydrogens is 116 g/mol. The van der Waals surface area contributed by atoms with Crippen LogP contribution in [0.4, 0.5) is 0 Å². The number of carbonyl (C=O) groups excluding carboxylic acids is 1. The van der Waals surface area contributed by atoms with Crippen LogP contribution in [0.5, 0.6) is 0 Å². The molecule has 0 saturated heterocycles. The molecule has 0 aromatic carbocycles. The molecule has 0 heterocycles. The molecule has 3 nitrogen and oxygen atoms in total. The zero-order valence-corrected chi connectivity index (χ0v) is 5.72. The highest BCUT2D eigenvalue weighted by atomic mass is 16.2. The number of hydrogen-bond acceptors (Lipinski definition) is 1. The van der Waals surface area contributed by atoms with Crippen molar-refractivity contribution in [3.63, 3.8) is 0 Å². The summed E-state index contributed by atoms with van der Waals surface area (Å²) in [4.78, 5) is 15.1. The van der Waals surface area contributed by atoms with Gasteiger partial charge in [0.25, 0.3) is 0 Å². The molecule has 0 aliphatic rings. The molecule has 0 spiro atoms. The van der Waals surface area contributed by atoms with Gasteiger partial charge >= 0.3 is 0 Å². The SMILES string of the molecule is [C-]#[N+]CCN(C)C(C)=O. The Bertz CT molecular complexity index is 136. The molecule has 0 aliphatic carbocycles. The Balaban J connectivity index is 3.41. The number of hydrogen-bond donors (Lipinski definition) is 0. The summed E-state index contributed by atoms with van der Waals surface area (Å²) in [5.41, 5.74) is 0. The van der Waals surface area contributed by atoms with Crippen LogP contribution in [0, 0.1) is 6.57 Å². The summed E-state index contributed by atoms with van der Waals surface area (Å²) >= 11 is 0. The van der Waals surface area contributed by atoms with Crippen molar-refractivity contribution in [2.75, 3.05) is 20.1 Å². The van der Waals surface area contributed by atoms with Gasteiger partial charge in [0.05, 0.1) is 6.54 Å². The Morgan fingerprint density at radius 1 is 1.78 bits per heavy atom. The Labute approximate surface area is 55.1 Å². The fourth-order valence-electron chi connectivity index (χ4n) is 0.357. The lowest BCUT2D eigenvalue weighted by molar-refractivity contribution is -0.127. The van der Waals surface area contributed by atoms with Crippen LogP contribution in [-0.2, 0) is 4.79 Å². The highest BCUT2D eigenvalue weighted by molar-refractivity contribution is 5.72. The van der Waals surface area contributed by atoms with E-state index in [-0.39, 0.29) is 5.91 Å². The van der Waals surface area contributed by atoms with Gasteiger partial charge in [-0.1, -0.05) is 0 Å². The molecule has 3 heteroatoms. The minimum atomic E-state index is 0.0126. The normalized spacial score (nSPS) is 8.11.